The summed E-state index contributed by atoms with van der Waals surface area (Å²) >= 11 is 0. The van der Waals surface area contributed by atoms with Gasteiger partial charge in [-0.15, -0.1) is 0 Å². The van der Waals surface area contributed by atoms with Crippen LogP contribution in [0.1, 0.15) is 24.8 Å². The van der Waals surface area contributed by atoms with Crippen molar-refractivity contribution in [3.63, 3.8) is 0 Å². The Morgan fingerprint density at radius 3 is 2.93 bits per heavy atom. The average molecular weight is 187 g/mol. The van der Waals surface area contributed by atoms with Crippen molar-refractivity contribution in [2.75, 3.05) is 0 Å². The summed E-state index contributed by atoms with van der Waals surface area (Å²) in [4.78, 5) is 7.30. The molecule has 2 aromatic rings. The van der Waals surface area contributed by atoms with Gasteiger partial charge in [0.25, 0.3) is 0 Å². The first kappa shape index (κ1) is 8.00. The van der Waals surface area contributed by atoms with Crippen molar-refractivity contribution in [1.29, 1.82) is 0 Å². The van der Waals surface area contributed by atoms with E-state index in [1.165, 1.54) is 12.0 Å². The Bertz CT molecular complexity index is 468. The topological polar surface area (TPSA) is 54.7 Å². The van der Waals surface area contributed by atoms with Crippen LogP contribution in [-0.4, -0.2) is 9.97 Å². The van der Waals surface area contributed by atoms with Gasteiger partial charge >= 0.3 is 0 Å². The second kappa shape index (κ2) is 2.58. The fourth-order valence-corrected chi connectivity index (χ4v) is 2.09. The summed E-state index contributed by atoms with van der Waals surface area (Å²) in [7, 11) is 0. The maximum Gasteiger partial charge on any atom is 0.0931 e. The SMILES string of the molecule is NC1(c2ccc3nc[nH]c3c2)CCC1. The van der Waals surface area contributed by atoms with Crippen LogP contribution in [0.2, 0.25) is 0 Å². The van der Waals surface area contributed by atoms with E-state index in [2.05, 4.69) is 22.1 Å². The number of H-pyrrole nitrogens is 1. The molecule has 72 valence electrons. The van der Waals surface area contributed by atoms with E-state index in [0.717, 1.165) is 23.9 Å². The van der Waals surface area contributed by atoms with Gasteiger partial charge in [0.2, 0.25) is 0 Å². The number of aromatic amines is 1. The standard InChI is InChI=1S/C11H13N3/c12-11(4-1-5-11)8-2-3-9-10(6-8)14-7-13-9/h2-3,6-7H,1,4-5,12H2,(H,13,14). The van der Waals surface area contributed by atoms with Crippen molar-refractivity contribution in [2.24, 2.45) is 5.73 Å². The zero-order chi connectivity index (χ0) is 9.60. The molecule has 3 nitrogen and oxygen atoms in total. The lowest BCUT2D eigenvalue weighted by molar-refractivity contribution is 0.254. The number of nitrogens with one attached hydrogen (secondary N) is 1. The summed E-state index contributed by atoms with van der Waals surface area (Å²) in [6.07, 6.45) is 5.18. The molecule has 1 aliphatic carbocycles. The van der Waals surface area contributed by atoms with Crippen molar-refractivity contribution < 1.29 is 0 Å². The van der Waals surface area contributed by atoms with E-state index in [0.29, 0.717) is 0 Å². The molecule has 1 fully saturated rings. The van der Waals surface area contributed by atoms with Gasteiger partial charge in [0.15, 0.2) is 0 Å². The Balaban J connectivity index is 2.13. The molecule has 1 saturated carbocycles. The van der Waals surface area contributed by atoms with Crippen LogP contribution in [0.5, 0.6) is 0 Å². The van der Waals surface area contributed by atoms with Crippen LogP contribution < -0.4 is 5.73 Å². The van der Waals surface area contributed by atoms with Crippen LogP contribution in [0.15, 0.2) is 24.5 Å². The minimum atomic E-state index is -0.0701. The zero-order valence-corrected chi connectivity index (χ0v) is 7.96. The van der Waals surface area contributed by atoms with Gasteiger partial charge in [-0.1, -0.05) is 6.07 Å². The quantitative estimate of drug-likeness (QED) is 0.716. The van der Waals surface area contributed by atoms with Gasteiger partial charge in [-0.2, -0.15) is 0 Å². The Morgan fingerprint density at radius 2 is 2.21 bits per heavy atom. The lowest BCUT2D eigenvalue weighted by Crippen LogP contribution is -2.43. The number of nitrogens with zero attached hydrogens (tertiary/aromatic N) is 1. The Morgan fingerprint density at radius 1 is 1.36 bits per heavy atom. The number of fused-ring (bicyclic) bond motifs is 1. The minimum absolute atomic E-state index is 0.0701. The predicted octanol–water partition coefficient (Wildman–Crippen LogP) is 1.90. The summed E-state index contributed by atoms with van der Waals surface area (Å²) in [5.41, 5.74) is 9.51. The van der Waals surface area contributed by atoms with Gasteiger partial charge in [0.1, 0.15) is 0 Å². The molecule has 0 spiro atoms. The van der Waals surface area contributed by atoms with Crippen LogP contribution in [0, 0.1) is 0 Å². The number of nitrogens with two attached hydrogens (primary N) is 1. The van der Waals surface area contributed by atoms with Gasteiger partial charge < -0.3 is 10.7 Å². The first-order valence-electron chi connectivity index (χ1n) is 5.00. The molecule has 3 rings (SSSR count). The normalized spacial score (nSPS) is 19.5. The zero-order valence-electron chi connectivity index (χ0n) is 7.96. The molecule has 0 atom stereocenters. The van der Waals surface area contributed by atoms with E-state index >= 15 is 0 Å². The van der Waals surface area contributed by atoms with Gasteiger partial charge in [0, 0.05) is 5.54 Å². The average Bonchev–Trinajstić information content (AvgIpc) is 2.60. The first-order chi connectivity index (χ1) is 6.78. The summed E-state index contributed by atoms with van der Waals surface area (Å²) in [6.45, 7) is 0. The molecule has 1 aromatic carbocycles. The Labute approximate surface area is 82.3 Å². The molecule has 0 radical (unpaired) electrons. The molecule has 1 aliphatic rings. The molecule has 14 heavy (non-hydrogen) atoms. The lowest BCUT2D eigenvalue weighted by Gasteiger charge is -2.38. The lowest BCUT2D eigenvalue weighted by atomic mass is 9.73. The van der Waals surface area contributed by atoms with E-state index < -0.39 is 0 Å². The van der Waals surface area contributed by atoms with Crippen LogP contribution in [-0.2, 0) is 5.54 Å². The molecule has 0 amide bonds. The number of benzene rings is 1. The Kier molecular flexibility index (Phi) is 1.47. The highest BCUT2D eigenvalue weighted by atomic mass is 14.9. The third-order valence-electron chi connectivity index (χ3n) is 3.24. The largest absolute Gasteiger partial charge is 0.345 e. The van der Waals surface area contributed by atoms with Gasteiger partial charge in [0.05, 0.1) is 17.4 Å². The number of hydrogen-bond donors (Lipinski definition) is 2. The summed E-state index contributed by atoms with van der Waals surface area (Å²) in [6, 6.07) is 6.26. The van der Waals surface area contributed by atoms with Crippen LogP contribution >= 0.6 is 0 Å². The van der Waals surface area contributed by atoms with Crippen LogP contribution in [0.3, 0.4) is 0 Å². The van der Waals surface area contributed by atoms with E-state index in [4.69, 9.17) is 5.73 Å². The molecular weight excluding hydrogens is 174 g/mol. The molecule has 1 heterocycles. The van der Waals surface area contributed by atoms with Gasteiger partial charge in [-0.05, 0) is 37.0 Å². The molecule has 1 aromatic heterocycles. The summed E-state index contributed by atoms with van der Waals surface area (Å²) in [5.74, 6) is 0. The number of rotatable bonds is 1. The molecular formula is C11H13N3. The van der Waals surface area contributed by atoms with Crippen LogP contribution in [0.25, 0.3) is 11.0 Å². The van der Waals surface area contributed by atoms with Gasteiger partial charge in [-0.3, -0.25) is 0 Å². The smallest absolute Gasteiger partial charge is 0.0931 e. The van der Waals surface area contributed by atoms with Crippen LogP contribution in [0.4, 0.5) is 0 Å². The number of hydrogen-bond acceptors (Lipinski definition) is 2. The highest BCUT2D eigenvalue weighted by Crippen LogP contribution is 2.39. The van der Waals surface area contributed by atoms with E-state index in [1.54, 1.807) is 6.33 Å². The number of imidazole rings is 1. The second-order valence-electron chi connectivity index (χ2n) is 4.14. The van der Waals surface area contributed by atoms with E-state index in [1.807, 2.05) is 6.07 Å². The van der Waals surface area contributed by atoms with Crippen molar-refractivity contribution >= 4 is 11.0 Å². The van der Waals surface area contributed by atoms with E-state index in [-0.39, 0.29) is 5.54 Å². The molecule has 0 saturated heterocycles. The summed E-state index contributed by atoms with van der Waals surface area (Å²) in [5, 5.41) is 0. The third-order valence-corrected chi connectivity index (χ3v) is 3.24. The maximum absolute atomic E-state index is 6.25. The van der Waals surface area contributed by atoms with Crippen molar-refractivity contribution in [2.45, 2.75) is 24.8 Å². The van der Waals surface area contributed by atoms with Crippen molar-refractivity contribution in [1.82, 2.24) is 9.97 Å². The highest BCUT2D eigenvalue weighted by Gasteiger charge is 2.34. The highest BCUT2D eigenvalue weighted by molar-refractivity contribution is 5.75. The maximum atomic E-state index is 6.25. The number of aromatic nitrogens is 2. The van der Waals surface area contributed by atoms with Crippen molar-refractivity contribution in [3.8, 4) is 0 Å². The predicted molar refractivity (Wildman–Crippen MR) is 55.8 cm³/mol. The first-order valence-corrected chi connectivity index (χ1v) is 5.00. The fraction of sp³-hybridized carbons (Fsp3) is 0.364. The molecule has 3 N–H and O–H groups in total. The monoisotopic (exact) mass is 187 g/mol. The fourth-order valence-electron chi connectivity index (χ4n) is 2.09. The third kappa shape index (κ3) is 0.990. The molecule has 0 bridgehead atoms. The molecule has 0 aliphatic heterocycles. The van der Waals surface area contributed by atoms with Crippen molar-refractivity contribution in [3.05, 3.63) is 30.1 Å². The Hall–Kier alpha value is -1.35. The molecule has 0 unspecified atom stereocenters. The second-order valence-corrected chi connectivity index (χ2v) is 4.14. The minimum Gasteiger partial charge on any atom is -0.345 e. The van der Waals surface area contributed by atoms with Gasteiger partial charge in [-0.25, -0.2) is 4.98 Å². The summed E-state index contributed by atoms with van der Waals surface area (Å²) < 4.78 is 0. The van der Waals surface area contributed by atoms with E-state index in [9.17, 15) is 0 Å². The molecule has 3 heteroatoms.